The van der Waals surface area contributed by atoms with Crippen LogP contribution in [0.15, 0.2) is 12.1 Å². The average Bonchev–Trinajstić information content (AvgIpc) is 3.37. The maximum Gasteiger partial charge on any atom is 0.433 e. The number of halogens is 3. The fourth-order valence-electron chi connectivity index (χ4n) is 6.46. The minimum Gasteiger partial charge on any atom is -0.345 e. The summed E-state index contributed by atoms with van der Waals surface area (Å²) in [4.78, 5) is 17.4. The summed E-state index contributed by atoms with van der Waals surface area (Å²) in [6.45, 7) is 0. The van der Waals surface area contributed by atoms with E-state index in [4.69, 9.17) is 0 Å². The van der Waals surface area contributed by atoms with Crippen LogP contribution < -0.4 is 5.32 Å². The molecule has 5 saturated carbocycles. The van der Waals surface area contributed by atoms with E-state index in [2.05, 4.69) is 15.4 Å². The summed E-state index contributed by atoms with van der Waals surface area (Å²) in [6.07, 6.45) is 3.87. The Morgan fingerprint density at radius 3 is 2.24 bits per heavy atom. The van der Waals surface area contributed by atoms with Gasteiger partial charge in [-0.1, -0.05) is 0 Å². The fourth-order valence-corrected chi connectivity index (χ4v) is 6.46. The summed E-state index contributed by atoms with van der Waals surface area (Å²) in [5, 5.41) is 7.21. The molecule has 0 unspecified atom stereocenters. The minimum absolute atomic E-state index is 0.0201. The fraction of sp³-hybridized carbons (Fsp3) is 0.667. The Hall–Kier alpha value is -2.12. The van der Waals surface area contributed by atoms with Crippen molar-refractivity contribution in [1.29, 1.82) is 0 Å². The summed E-state index contributed by atoms with van der Waals surface area (Å²) in [6, 6.07) is 2.48. The van der Waals surface area contributed by atoms with Crippen molar-refractivity contribution in [2.75, 3.05) is 0 Å². The van der Waals surface area contributed by atoms with Crippen LogP contribution in [0.25, 0.3) is 5.65 Å². The summed E-state index contributed by atoms with van der Waals surface area (Å²) in [7, 11) is 0. The normalized spacial score (nSPS) is 33.4. The number of nitrogens with zero attached hydrogens (tertiary/aromatic N) is 3. The highest BCUT2D eigenvalue weighted by atomic mass is 19.4. The van der Waals surface area contributed by atoms with Crippen LogP contribution in [0.2, 0.25) is 0 Å². The lowest BCUT2D eigenvalue weighted by molar-refractivity contribution is -0.142. The summed E-state index contributed by atoms with van der Waals surface area (Å²) in [5.74, 6) is 1.71. The van der Waals surface area contributed by atoms with Crippen molar-refractivity contribution in [3.8, 4) is 0 Å². The van der Waals surface area contributed by atoms with E-state index in [-0.39, 0.29) is 28.7 Å². The summed E-state index contributed by atoms with van der Waals surface area (Å²) < 4.78 is 41.5. The van der Waals surface area contributed by atoms with Crippen LogP contribution >= 0.6 is 0 Å². The number of hydrogen-bond acceptors (Lipinski definition) is 3. The van der Waals surface area contributed by atoms with Gasteiger partial charge in [0.2, 0.25) is 0 Å². The number of aromatic nitrogens is 3. The zero-order chi connectivity index (χ0) is 20.0. The number of nitrogens with one attached hydrogen (secondary N) is 1. The lowest BCUT2D eigenvalue weighted by Crippen LogP contribution is -2.59. The molecule has 5 aliphatic rings. The molecule has 0 radical (unpaired) electrons. The van der Waals surface area contributed by atoms with Crippen LogP contribution in [-0.2, 0) is 6.18 Å². The molecule has 2 aromatic rings. The highest BCUT2D eigenvalue weighted by Gasteiger charge is 2.51. The maximum atomic E-state index is 13.6. The third-order valence-electron chi connectivity index (χ3n) is 7.38. The predicted octanol–water partition coefficient (Wildman–Crippen LogP) is 4.32. The topological polar surface area (TPSA) is 59.3 Å². The van der Waals surface area contributed by atoms with Crippen molar-refractivity contribution in [3.05, 3.63) is 29.2 Å². The van der Waals surface area contributed by atoms with Gasteiger partial charge in [-0.3, -0.25) is 4.79 Å². The van der Waals surface area contributed by atoms with Gasteiger partial charge in [0, 0.05) is 23.2 Å². The quantitative estimate of drug-likeness (QED) is 0.829. The first-order valence-corrected chi connectivity index (χ1v) is 10.6. The van der Waals surface area contributed by atoms with Crippen LogP contribution in [0.1, 0.15) is 79.2 Å². The van der Waals surface area contributed by atoms with Crippen molar-refractivity contribution in [3.63, 3.8) is 0 Å². The molecule has 154 valence electrons. The monoisotopic (exact) mass is 404 g/mol. The molecule has 4 bridgehead atoms. The summed E-state index contributed by atoms with van der Waals surface area (Å²) >= 11 is 0. The predicted molar refractivity (Wildman–Crippen MR) is 98.3 cm³/mol. The van der Waals surface area contributed by atoms with E-state index in [0.717, 1.165) is 42.7 Å². The first kappa shape index (κ1) is 17.7. The van der Waals surface area contributed by atoms with Crippen molar-refractivity contribution in [2.24, 2.45) is 17.8 Å². The Labute approximate surface area is 166 Å². The molecule has 5 aliphatic carbocycles. The van der Waals surface area contributed by atoms with Gasteiger partial charge in [0.15, 0.2) is 11.3 Å². The molecule has 5 fully saturated rings. The van der Waals surface area contributed by atoms with E-state index in [1.54, 1.807) is 0 Å². The Kier molecular flexibility index (Phi) is 3.50. The third kappa shape index (κ3) is 2.94. The molecule has 1 amide bonds. The highest BCUT2D eigenvalue weighted by molar-refractivity contribution is 5.94. The van der Waals surface area contributed by atoms with Crippen LogP contribution in [0.5, 0.6) is 0 Å². The first-order chi connectivity index (χ1) is 13.8. The Morgan fingerprint density at radius 2 is 1.69 bits per heavy atom. The number of carbonyl (C=O) groups excluding carboxylic acids is 1. The molecule has 2 heterocycles. The van der Waals surface area contributed by atoms with Gasteiger partial charge in [-0.15, -0.1) is 0 Å². The number of amides is 1. The first-order valence-electron chi connectivity index (χ1n) is 10.6. The smallest absolute Gasteiger partial charge is 0.345 e. The van der Waals surface area contributed by atoms with E-state index in [0.29, 0.717) is 23.4 Å². The van der Waals surface area contributed by atoms with Crippen LogP contribution in [-0.4, -0.2) is 26.0 Å². The molecule has 5 nitrogen and oxygen atoms in total. The number of carbonyl (C=O) groups is 1. The minimum atomic E-state index is -4.55. The second-order valence-corrected chi connectivity index (χ2v) is 9.79. The van der Waals surface area contributed by atoms with Crippen molar-refractivity contribution >= 4 is 11.6 Å². The molecule has 1 N–H and O–H groups in total. The second kappa shape index (κ2) is 5.73. The number of rotatable bonds is 3. The molecular formula is C21H23F3N4O. The number of hydrogen-bond donors (Lipinski definition) is 1. The van der Waals surface area contributed by atoms with Gasteiger partial charge in [0.25, 0.3) is 5.91 Å². The van der Waals surface area contributed by atoms with Gasteiger partial charge < -0.3 is 5.32 Å². The van der Waals surface area contributed by atoms with E-state index in [1.165, 1.54) is 25.3 Å². The van der Waals surface area contributed by atoms with Gasteiger partial charge in [-0.25, -0.2) is 9.50 Å². The Bertz CT molecular complexity index is 972. The molecular weight excluding hydrogens is 381 g/mol. The molecule has 7 rings (SSSR count). The zero-order valence-corrected chi connectivity index (χ0v) is 16.0. The largest absolute Gasteiger partial charge is 0.433 e. The number of fused-ring (bicyclic) bond motifs is 1. The van der Waals surface area contributed by atoms with Gasteiger partial charge >= 0.3 is 6.18 Å². The average molecular weight is 404 g/mol. The molecule has 0 aromatic carbocycles. The van der Waals surface area contributed by atoms with Crippen molar-refractivity contribution in [2.45, 2.75) is 69.0 Å². The molecule has 8 heteroatoms. The third-order valence-corrected chi connectivity index (χ3v) is 7.38. The summed E-state index contributed by atoms with van der Waals surface area (Å²) in [5.41, 5.74) is -0.513. The van der Waals surface area contributed by atoms with Gasteiger partial charge in [0.05, 0.1) is 0 Å². The lowest BCUT2D eigenvalue weighted by Gasteiger charge is -2.56. The molecule has 2 aromatic heterocycles. The molecule has 0 atom stereocenters. The second-order valence-electron chi connectivity index (χ2n) is 9.79. The van der Waals surface area contributed by atoms with Crippen molar-refractivity contribution in [1.82, 2.24) is 19.9 Å². The zero-order valence-electron chi connectivity index (χ0n) is 16.0. The Morgan fingerprint density at radius 1 is 1.07 bits per heavy atom. The SMILES string of the molecule is O=C(NC12CC3CC(CC(C3)C1)C2)c1cc2nc(C3CC3)cc(C(F)(F)F)n2n1. The highest BCUT2D eigenvalue weighted by Crippen LogP contribution is 2.55. The molecule has 0 aliphatic heterocycles. The van der Waals surface area contributed by atoms with E-state index in [9.17, 15) is 18.0 Å². The molecule has 29 heavy (non-hydrogen) atoms. The van der Waals surface area contributed by atoms with Crippen LogP contribution in [0, 0.1) is 17.8 Å². The standard InChI is InChI=1S/C21H23F3N4O/c22-21(23,24)17-6-15(14-1-2-14)25-18-7-16(27-28(17)18)19(29)26-20-8-11-3-12(9-20)5-13(4-11)10-20/h6-7,11-14H,1-5,8-10H2,(H,26,29). The Balaban J connectivity index is 1.34. The van der Waals surface area contributed by atoms with E-state index < -0.39 is 11.9 Å². The van der Waals surface area contributed by atoms with Crippen LogP contribution in [0.4, 0.5) is 13.2 Å². The van der Waals surface area contributed by atoms with E-state index in [1.807, 2.05) is 0 Å². The van der Waals surface area contributed by atoms with Crippen LogP contribution in [0.3, 0.4) is 0 Å². The maximum absolute atomic E-state index is 13.6. The number of alkyl halides is 3. The molecule has 0 saturated heterocycles. The van der Waals surface area contributed by atoms with Crippen molar-refractivity contribution < 1.29 is 18.0 Å². The van der Waals surface area contributed by atoms with Gasteiger partial charge in [-0.05, 0) is 75.2 Å². The van der Waals surface area contributed by atoms with Gasteiger partial charge in [0.1, 0.15) is 5.69 Å². The van der Waals surface area contributed by atoms with Gasteiger partial charge in [-0.2, -0.15) is 18.3 Å². The lowest BCUT2D eigenvalue weighted by atomic mass is 9.53. The van der Waals surface area contributed by atoms with E-state index >= 15 is 0 Å². The molecule has 0 spiro atoms.